The molecule has 0 radical (unpaired) electrons. The molecular weight excluding hydrogens is 218 g/mol. The summed E-state index contributed by atoms with van der Waals surface area (Å²) in [5.41, 5.74) is 0.575. The van der Waals surface area contributed by atoms with Crippen molar-refractivity contribution in [1.82, 2.24) is 4.90 Å². The van der Waals surface area contributed by atoms with Gasteiger partial charge in [0.25, 0.3) is 5.91 Å². The third-order valence-corrected chi connectivity index (χ3v) is 3.26. The standard InChI is InChI=1S/C13H17NO3/c1-9-8-14(7-6-12(9)16)13(17)10-2-4-11(15)5-3-10/h2-5,9,12,15-16H,6-8H2,1H3. The summed E-state index contributed by atoms with van der Waals surface area (Å²) >= 11 is 0. The average molecular weight is 235 g/mol. The summed E-state index contributed by atoms with van der Waals surface area (Å²) in [4.78, 5) is 13.9. The average Bonchev–Trinajstić information content (AvgIpc) is 2.33. The van der Waals surface area contributed by atoms with Crippen molar-refractivity contribution in [1.29, 1.82) is 0 Å². The molecule has 0 spiro atoms. The number of rotatable bonds is 1. The lowest BCUT2D eigenvalue weighted by Gasteiger charge is -2.34. The summed E-state index contributed by atoms with van der Waals surface area (Å²) in [6, 6.07) is 6.26. The molecule has 1 saturated heterocycles. The fourth-order valence-corrected chi connectivity index (χ4v) is 2.10. The normalized spacial score (nSPS) is 24.7. The highest BCUT2D eigenvalue weighted by Crippen LogP contribution is 2.19. The topological polar surface area (TPSA) is 60.8 Å². The van der Waals surface area contributed by atoms with Gasteiger partial charge < -0.3 is 15.1 Å². The van der Waals surface area contributed by atoms with E-state index in [9.17, 15) is 9.90 Å². The molecule has 4 heteroatoms. The van der Waals surface area contributed by atoms with E-state index in [1.807, 2.05) is 6.92 Å². The summed E-state index contributed by atoms with van der Waals surface area (Å²) in [6.07, 6.45) is 0.323. The van der Waals surface area contributed by atoms with Crippen LogP contribution in [0.15, 0.2) is 24.3 Å². The summed E-state index contributed by atoms with van der Waals surface area (Å²) in [5.74, 6) is 0.234. The second-order valence-corrected chi connectivity index (χ2v) is 4.63. The number of benzene rings is 1. The minimum Gasteiger partial charge on any atom is -0.508 e. The minimum atomic E-state index is -0.307. The highest BCUT2D eigenvalue weighted by Gasteiger charge is 2.27. The molecule has 2 N–H and O–H groups in total. The van der Waals surface area contributed by atoms with Gasteiger partial charge in [0.2, 0.25) is 0 Å². The number of piperidine rings is 1. The number of amides is 1. The zero-order valence-corrected chi connectivity index (χ0v) is 9.84. The van der Waals surface area contributed by atoms with Gasteiger partial charge in [-0.15, -0.1) is 0 Å². The van der Waals surface area contributed by atoms with Gasteiger partial charge in [-0.05, 0) is 36.6 Å². The van der Waals surface area contributed by atoms with E-state index in [-0.39, 0.29) is 23.7 Å². The van der Waals surface area contributed by atoms with Crippen LogP contribution in [-0.2, 0) is 0 Å². The molecular formula is C13H17NO3. The van der Waals surface area contributed by atoms with Crippen LogP contribution >= 0.6 is 0 Å². The maximum Gasteiger partial charge on any atom is 0.253 e. The largest absolute Gasteiger partial charge is 0.508 e. The zero-order chi connectivity index (χ0) is 12.4. The number of aliphatic hydroxyl groups excluding tert-OH is 1. The predicted octanol–water partition coefficient (Wildman–Crippen LogP) is 1.24. The van der Waals surface area contributed by atoms with Crippen LogP contribution in [0.2, 0.25) is 0 Å². The van der Waals surface area contributed by atoms with E-state index in [0.717, 1.165) is 0 Å². The molecule has 2 unspecified atom stereocenters. The molecule has 17 heavy (non-hydrogen) atoms. The molecule has 1 aromatic carbocycles. The number of aliphatic hydroxyl groups is 1. The number of likely N-dealkylation sites (tertiary alicyclic amines) is 1. The van der Waals surface area contributed by atoms with E-state index in [2.05, 4.69) is 0 Å². The van der Waals surface area contributed by atoms with E-state index in [4.69, 9.17) is 5.11 Å². The summed E-state index contributed by atoms with van der Waals surface area (Å²) in [7, 11) is 0. The fourth-order valence-electron chi connectivity index (χ4n) is 2.10. The van der Waals surface area contributed by atoms with Gasteiger partial charge in [-0.2, -0.15) is 0 Å². The smallest absolute Gasteiger partial charge is 0.253 e. The number of carbonyl (C=O) groups excluding carboxylic acids is 1. The second-order valence-electron chi connectivity index (χ2n) is 4.63. The zero-order valence-electron chi connectivity index (χ0n) is 9.84. The number of nitrogens with zero attached hydrogens (tertiary/aromatic N) is 1. The Hall–Kier alpha value is -1.55. The molecule has 4 nitrogen and oxygen atoms in total. The number of hydrogen-bond donors (Lipinski definition) is 2. The van der Waals surface area contributed by atoms with Gasteiger partial charge in [0, 0.05) is 18.7 Å². The van der Waals surface area contributed by atoms with Crippen LogP contribution in [0.25, 0.3) is 0 Å². The first-order valence-electron chi connectivity index (χ1n) is 5.84. The lowest BCUT2D eigenvalue weighted by atomic mass is 9.96. The first kappa shape index (κ1) is 11.9. The Bertz CT molecular complexity index is 402. The number of hydrogen-bond acceptors (Lipinski definition) is 3. The molecule has 1 heterocycles. The Morgan fingerprint density at radius 1 is 1.35 bits per heavy atom. The van der Waals surface area contributed by atoms with Crippen molar-refractivity contribution in [3.05, 3.63) is 29.8 Å². The first-order chi connectivity index (χ1) is 8.08. The Morgan fingerprint density at radius 2 is 2.00 bits per heavy atom. The Morgan fingerprint density at radius 3 is 2.59 bits per heavy atom. The van der Waals surface area contributed by atoms with Crippen molar-refractivity contribution >= 4 is 5.91 Å². The van der Waals surface area contributed by atoms with E-state index < -0.39 is 0 Å². The van der Waals surface area contributed by atoms with E-state index in [1.54, 1.807) is 17.0 Å². The molecule has 0 bridgehead atoms. The third-order valence-electron chi connectivity index (χ3n) is 3.26. The third kappa shape index (κ3) is 2.58. The van der Waals surface area contributed by atoms with Crippen LogP contribution in [0.1, 0.15) is 23.7 Å². The van der Waals surface area contributed by atoms with Gasteiger partial charge in [-0.3, -0.25) is 4.79 Å². The lowest BCUT2D eigenvalue weighted by molar-refractivity contribution is 0.0297. The van der Waals surface area contributed by atoms with Crippen molar-refractivity contribution in [3.63, 3.8) is 0 Å². The maximum atomic E-state index is 12.1. The van der Waals surface area contributed by atoms with Crippen LogP contribution in [0.4, 0.5) is 0 Å². The second kappa shape index (κ2) is 4.75. The summed E-state index contributed by atoms with van der Waals surface area (Å²) in [5, 5.41) is 18.8. The van der Waals surface area contributed by atoms with E-state index in [1.165, 1.54) is 12.1 Å². The van der Waals surface area contributed by atoms with Gasteiger partial charge in [-0.1, -0.05) is 6.92 Å². The first-order valence-corrected chi connectivity index (χ1v) is 5.84. The van der Waals surface area contributed by atoms with Gasteiger partial charge in [0.05, 0.1) is 6.10 Å². The number of phenols is 1. The SMILES string of the molecule is CC1CN(C(=O)c2ccc(O)cc2)CCC1O. The van der Waals surface area contributed by atoms with Crippen molar-refractivity contribution in [3.8, 4) is 5.75 Å². The lowest BCUT2D eigenvalue weighted by Crippen LogP contribution is -2.44. The molecule has 0 aliphatic carbocycles. The van der Waals surface area contributed by atoms with Crippen molar-refractivity contribution in [2.75, 3.05) is 13.1 Å². The molecule has 0 aromatic heterocycles. The summed E-state index contributed by atoms with van der Waals surface area (Å²) < 4.78 is 0. The van der Waals surface area contributed by atoms with Crippen molar-refractivity contribution in [2.24, 2.45) is 5.92 Å². The van der Waals surface area contributed by atoms with Crippen LogP contribution in [0, 0.1) is 5.92 Å². The van der Waals surface area contributed by atoms with Gasteiger partial charge in [-0.25, -0.2) is 0 Å². The van der Waals surface area contributed by atoms with Gasteiger partial charge in [0.1, 0.15) is 5.75 Å². The molecule has 0 saturated carbocycles. The van der Waals surface area contributed by atoms with Gasteiger partial charge in [0.15, 0.2) is 0 Å². The fraction of sp³-hybridized carbons (Fsp3) is 0.462. The Kier molecular flexibility index (Phi) is 3.33. The number of aromatic hydroxyl groups is 1. The Balaban J connectivity index is 2.08. The number of carbonyl (C=O) groups is 1. The monoisotopic (exact) mass is 235 g/mol. The molecule has 2 rings (SSSR count). The molecule has 1 aliphatic rings. The van der Waals surface area contributed by atoms with Crippen molar-refractivity contribution < 1.29 is 15.0 Å². The van der Waals surface area contributed by atoms with Crippen molar-refractivity contribution in [2.45, 2.75) is 19.4 Å². The quantitative estimate of drug-likeness (QED) is 0.769. The van der Waals surface area contributed by atoms with E-state index in [0.29, 0.717) is 25.1 Å². The molecule has 1 amide bonds. The van der Waals surface area contributed by atoms with E-state index >= 15 is 0 Å². The van der Waals surface area contributed by atoms with Crippen LogP contribution < -0.4 is 0 Å². The molecule has 1 aliphatic heterocycles. The van der Waals surface area contributed by atoms with Crippen LogP contribution in [0.5, 0.6) is 5.75 Å². The molecule has 92 valence electrons. The Labute approximate surface area is 100 Å². The minimum absolute atomic E-state index is 0.0382. The van der Waals surface area contributed by atoms with Crippen LogP contribution in [0.3, 0.4) is 0 Å². The van der Waals surface area contributed by atoms with Gasteiger partial charge >= 0.3 is 0 Å². The highest BCUT2D eigenvalue weighted by molar-refractivity contribution is 5.94. The molecule has 1 fully saturated rings. The highest BCUT2D eigenvalue weighted by atomic mass is 16.3. The maximum absolute atomic E-state index is 12.1. The number of phenolic OH excluding ortho intramolecular Hbond substituents is 1. The molecule has 2 atom stereocenters. The van der Waals surface area contributed by atoms with Crippen LogP contribution in [-0.4, -0.2) is 40.2 Å². The molecule has 1 aromatic rings. The summed E-state index contributed by atoms with van der Waals surface area (Å²) in [6.45, 7) is 3.12. The predicted molar refractivity (Wildman–Crippen MR) is 63.8 cm³/mol.